The van der Waals surface area contributed by atoms with Crippen LogP contribution < -0.4 is 10.1 Å². The second-order valence-electron chi connectivity index (χ2n) is 10.3. The monoisotopic (exact) mass is 547 g/mol. The lowest BCUT2D eigenvalue weighted by atomic mass is 10.0. The number of H-pyrrole nitrogens is 2. The Bertz CT molecular complexity index is 1920. The summed E-state index contributed by atoms with van der Waals surface area (Å²) in [6.07, 6.45) is 9.12. The Hall–Kier alpha value is -5.12. The molecule has 1 saturated carbocycles. The first-order chi connectivity index (χ1) is 20.1. The Morgan fingerprint density at radius 2 is 1.93 bits per heavy atom. The van der Waals surface area contributed by atoms with Crippen LogP contribution in [0, 0.1) is 11.7 Å². The highest BCUT2D eigenvalue weighted by Crippen LogP contribution is 2.35. The van der Waals surface area contributed by atoms with Crippen molar-refractivity contribution >= 4 is 33.7 Å². The molecule has 5 aromatic heterocycles. The van der Waals surface area contributed by atoms with Crippen LogP contribution >= 0.6 is 0 Å². The molecule has 204 valence electrons. The molecule has 10 heteroatoms. The van der Waals surface area contributed by atoms with E-state index in [0.29, 0.717) is 39.6 Å². The molecule has 0 unspecified atom stereocenters. The van der Waals surface area contributed by atoms with Crippen LogP contribution in [-0.4, -0.2) is 43.2 Å². The fourth-order valence-electron chi connectivity index (χ4n) is 5.57. The van der Waals surface area contributed by atoms with E-state index in [1.807, 2.05) is 30.3 Å². The van der Waals surface area contributed by atoms with Gasteiger partial charge in [-0.25, -0.2) is 14.4 Å². The summed E-state index contributed by atoms with van der Waals surface area (Å²) >= 11 is 0. The zero-order valence-corrected chi connectivity index (χ0v) is 22.2. The van der Waals surface area contributed by atoms with Crippen molar-refractivity contribution < 1.29 is 13.9 Å². The lowest BCUT2D eigenvalue weighted by Crippen LogP contribution is -2.20. The Kier molecular flexibility index (Phi) is 6.15. The second kappa shape index (κ2) is 10.1. The Balaban J connectivity index is 1.25. The maximum Gasteiger partial charge on any atom is 0.227 e. The van der Waals surface area contributed by atoms with Crippen LogP contribution in [0.4, 0.5) is 10.1 Å². The van der Waals surface area contributed by atoms with E-state index < -0.39 is 0 Å². The van der Waals surface area contributed by atoms with Crippen molar-refractivity contribution in [2.45, 2.75) is 25.7 Å². The van der Waals surface area contributed by atoms with Gasteiger partial charge >= 0.3 is 0 Å². The van der Waals surface area contributed by atoms with E-state index in [9.17, 15) is 9.18 Å². The van der Waals surface area contributed by atoms with E-state index in [0.717, 1.165) is 53.4 Å². The summed E-state index contributed by atoms with van der Waals surface area (Å²) in [5.74, 6) is 0.167. The third kappa shape index (κ3) is 4.67. The van der Waals surface area contributed by atoms with Gasteiger partial charge in [-0.1, -0.05) is 12.8 Å². The molecule has 9 nitrogen and oxygen atoms in total. The molecule has 6 aromatic rings. The quantitative estimate of drug-likeness (QED) is 0.219. The molecule has 5 heterocycles. The van der Waals surface area contributed by atoms with Gasteiger partial charge in [0.25, 0.3) is 0 Å². The molecule has 41 heavy (non-hydrogen) atoms. The number of ether oxygens (including phenoxy) is 1. The molecule has 1 aliphatic rings. The Labute approximate surface area is 234 Å². The number of carbonyl (C=O) groups is 1. The number of methoxy groups -OCH3 is 1. The number of rotatable bonds is 6. The zero-order valence-electron chi connectivity index (χ0n) is 22.2. The summed E-state index contributed by atoms with van der Waals surface area (Å²) in [5.41, 5.74) is 7.05. The van der Waals surface area contributed by atoms with Gasteiger partial charge in [0.2, 0.25) is 5.91 Å². The molecule has 0 bridgehead atoms. The van der Waals surface area contributed by atoms with Crippen LogP contribution in [0.1, 0.15) is 25.7 Å². The van der Waals surface area contributed by atoms with Crippen molar-refractivity contribution in [3.63, 3.8) is 0 Å². The third-order valence-corrected chi connectivity index (χ3v) is 7.64. The molecule has 0 atom stereocenters. The molecule has 0 radical (unpaired) electrons. The largest absolute Gasteiger partial charge is 0.497 e. The number of hydrogen-bond donors (Lipinski definition) is 3. The number of anilines is 1. The number of pyridine rings is 3. The highest BCUT2D eigenvalue weighted by atomic mass is 19.1. The van der Waals surface area contributed by atoms with E-state index in [-0.39, 0.29) is 17.6 Å². The van der Waals surface area contributed by atoms with Crippen molar-refractivity contribution in [3.8, 4) is 39.5 Å². The molecule has 1 fully saturated rings. The predicted octanol–water partition coefficient (Wildman–Crippen LogP) is 6.51. The average Bonchev–Trinajstić information content (AvgIpc) is 3.76. The molecular weight excluding hydrogens is 521 g/mol. The van der Waals surface area contributed by atoms with Gasteiger partial charge < -0.3 is 15.0 Å². The average molecular weight is 548 g/mol. The lowest BCUT2D eigenvalue weighted by Gasteiger charge is -2.11. The number of amides is 1. The number of hydrogen-bond acceptors (Lipinski definition) is 6. The maximum atomic E-state index is 14.3. The highest BCUT2D eigenvalue weighted by molar-refractivity contribution is 5.99. The minimum Gasteiger partial charge on any atom is -0.497 e. The van der Waals surface area contributed by atoms with Crippen LogP contribution in [-0.2, 0) is 4.79 Å². The number of aromatic nitrogens is 6. The van der Waals surface area contributed by atoms with Crippen LogP contribution in [0.25, 0.3) is 55.8 Å². The number of benzene rings is 1. The van der Waals surface area contributed by atoms with Crippen LogP contribution in [0.5, 0.6) is 5.75 Å². The fraction of sp³-hybridized carbons (Fsp3) is 0.194. The summed E-state index contributed by atoms with van der Waals surface area (Å²) in [4.78, 5) is 29.7. The molecule has 0 saturated heterocycles. The van der Waals surface area contributed by atoms with Gasteiger partial charge in [-0.2, -0.15) is 5.10 Å². The number of carbonyl (C=O) groups excluding carboxylic acids is 1. The Morgan fingerprint density at radius 3 is 2.78 bits per heavy atom. The van der Waals surface area contributed by atoms with Crippen LogP contribution in [0.3, 0.4) is 0 Å². The molecule has 0 aliphatic heterocycles. The summed E-state index contributed by atoms with van der Waals surface area (Å²) in [5, 5.41) is 11.4. The lowest BCUT2D eigenvalue weighted by molar-refractivity contribution is -0.119. The SMILES string of the molecule is COc1cc(F)cc(-c2ccnc3[nH]c(-c4n[nH]c5ccc(-c6cncc(NC(=O)C7CCCC7)c6)nc45)cc23)c1. The molecule has 7 rings (SSSR count). The first-order valence-electron chi connectivity index (χ1n) is 13.5. The van der Waals surface area contributed by atoms with E-state index in [1.165, 1.54) is 19.2 Å². The zero-order chi connectivity index (χ0) is 27.9. The number of nitrogens with one attached hydrogen (secondary N) is 3. The Morgan fingerprint density at radius 1 is 1.05 bits per heavy atom. The van der Waals surface area contributed by atoms with Gasteiger partial charge in [0, 0.05) is 35.3 Å². The van der Waals surface area contributed by atoms with Gasteiger partial charge in [-0.15, -0.1) is 0 Å². The summed E-state index contributed by atoms with van der Waals surface area (Å²) in [7, 11) is 1.51. The van der Waals surface area contributed by atoms with Crippen LogP contribution in [0.2, 0.25) is 0 Å². The van der Waals surface area contributed by atoms with Crippen molar-refractivity contribution in [2.75, 3.05) is 12.4 Å². The van der Waals surface area contributed by atoms with Crippen molar-refractivity contribution in [1.82, 2.24) is 30.1 Å². The first-order valence-corrected chi connectivity index (χ1v) is 13.5. The van der Waals surface area contributed by atoms with Crippen LogP contribution in [0.15, 0.2) is 67.1 Å². The molecular formula is C31H26FN7O2. The molecule has 1 amide bonds. The fourth-order valence-corrected chi connectivity index (χ4v) is 5.57. The van der Waals surface area contributed by atoms with E-state index in [1.54, 1.807) is 24.7 Å². The summed E-state index contributed by atoms with van der Waals surface area (Å²) < 4.78 is 19.6. The van der Waals surface area contributed by atoms with E-state index in [4.69, 9.17) is 9.72 Å². The van der Waals surface area contributed by atoms with Gasteiger partial charge in [0.15, 0.2) is 0 Å². The highest BCUT2D eigenvalue weighted by Gasteiger charge is 2.23. The standard InChI is InChI=1S/C31H26FN7O2/c1-41-22-12-18(10-20(32)13-22)23-8-9-34-30-24(23)14-27(37-30)29-28-26(38-39-29)7-6-25(36-28)19-11-21(16-33-15-19)35-31(40)17-4-2-3-5-17/h6-17H,2-5H2,1H3,(H,34,37)(H,35,40)(H,38,39). The van der Waals surface area contributed by atoms with Gasteiger partial charge in [-0.05, 0) is 66.4 Å². The first kappa shape index (κ1) is 24.9. The topological polar surface area (TPSA) is 121 Å². The minimum absolute atomic E-state index is 0.0467. The predicted molar refractivity (Wildman–Crippen MR) is 155 cm³/mol. The summed E-state index contributed by atoms with van der Waals surface area (Å²) in [6, 6.07) is 14.1. The molecule has 3 N–H and O–H groups in total. The van der Waals surface area contributed by atoms with Crippen molar-refractivity contribution in [3.05, 3.63) is 72.9 Å². The van der Waals surface area contributed by atoms with Crippen molar-refractivity contribution in [1.29, 1.82) is 0 Å². The molecule has 0 spiro atoms. The minimum atomic E-state index is -0.383. The van der Waals surface area contributed by atoms with E-state index in [2.05, 4.69) is 30.5 Å². The van der Waals surface area contributed by atoms with Gasteiger partial charge in [0.1, 0.15) is 28.4 Å². The summed E-state index contributed by atoms with van der Waals surface area (Å²) in [6.45, 7) is 0. The number of aromatic amines is 2. The van der Waals surface area contributed by atoms with E-state index >= 15 is 0 Å². The van der Waals surface area contributed by atoms with Gasteiger partial charge in [0.05, 0.1) is 35.9 Å². The smallest absolute Gasteiger partial charge is 0.227 e. The van der Waals surface area contributed by atoms with Gasteiger partial charge in [-0.3, -0.25) is 14.9 Å². The third-order valence-electron chi connectivity index (χ3n) is 7.64. The second-order valence-corrected chi connectivity index (χ2v) is 10.3. The number of nitrogens with zero attached hydrogens (tertiary/aromatic N) is 4. The normalized spacial score (nSPS) is 13.7. The molecule has 1 aliphatic carbocycles. The van der Waals surface area contributed by atoms with Crippen molar-refractivity contribution in [2.24, 2.45) is 5.92 Å². The number of halogens is 1. The maximum absolute atomic E-state index is 14.3. The number of fused-ring (bicyclic) bond motifs is 2. The molecule has 1 aromatic carbocycles.